The first-order chi connectivity index (χ1) is 9.66. The Labute approximate surface area is 117 Å². The normalized spacial score (nSPS) is 18.1. The number of carboxylic acid groups (broad SMARTS) is 1. The van der Waals surface area contributed by atoms with Crippen molar-refractivity contribution in [1.29, 1.82) is 0 Å². The van der Waals surface area contributed by atoms with Gasteiger partial charge in [0.25, 0.3) is 0 Å². The van der Waals surface area contributed by atoms with Gasteiger partial charge < -0.3 is 10.0 Å². The number of amides is 1. The minimum atomic E-state index is -0.887. The van der Waals surface area contributed by atoms with E-state index in [0.29, 0.717) is 25.1 Å². The Morgan fingerprint density at radius 2 is 1.95 bits per heavy atom. The molecule has 0 aromatic heterocycles. The highest BCUT2D eigenvalue weighted by Gasteiger charge is 2.28. The van der Waals surface area contributed by atoms with E-state index in [2.05, 4.69) is 12.2 Å². The lowest BCUT2D eigenvalue weighted by molar-refractivity contribution is -0.136. The molecule has 1 aromatic rings. The van der Waals surface area contributed by atoms with Crippen molar-refractivity contribution >= 4 is 11.9 Å². The number of hydrogen-bond donors (Lipinski definition) is 1. The zero-order valence-electron chi connectivity index (χ0n) is 11.2. The van der Waals surface area contributed by atoms with Crippen LogP contribution < -0.4 is 0 Å². The van der Waals surface area contributed by atoms with Crippen molar-refractivity contribution < 1.29 is 14.7 Å². The molecule has 1 heterocycles. The maximum absolute atomic E-state index is 12.4. The second kappa shape index (κ2) is 5.12. The van der Waals surface area contributed by atoms with Gasteiger partial charge in [0.15, 0.2) is 0 Å². The lowest BCUT2D eigenvalue weighted by Crippen LogP contribution is -2.39. The van der Waals surface area contributed by atoms with E-state index in [-0.39, 0.29) is 11.8 Å². The van der Waals surface area contributed by atoms with Crippen LogP contribution in [0.25, 0.3) is 0 Å². The number of carbonyl (C=O) groups is 2. The smallest absolute Gasteiger partial charge is 0.335 e. The van der Waals surface area contributed by atoms with E-state index in [1.807, 2.05) is 11.0 Å². The zero-order chi connectivity index (χ0) is 14.1. The molecule has 20 heavy (non-hydrogen) atoms. The maximum Gasteiger partial charge on any atom is 0.335 e. The van der Waals surface area contributed by atoms with Crippen LogP contribution in [0.15, 0.2) is 30.4 Å². The predicted molar refractivity (Wildman–Crippen MR) is 74.4 cm³/mol. The molecule has 0 bridgehead atoms. The first-order valence-electron chi connectivity index (χ1n) is 6.94. The van der Waals surface area contributed by atoms with Crippen LogP contribution in [-0.4, -0.2) is 28.4 Å². The van der Waals surface area contributed by atoms with Crippen LogP contribution in [0, 0.1) is 5.92 Å². The summed E-state index contributed by atoms with van der Waals surface area (Å²) in [5, 5.41) is 9.20. The Balaban J connectivity index is 1.80. The second-order valence-corrected chi connectivity index (χ2v) is 5.40. The SMILES string of the molecule is O=C(O)c1cccc2c1CCN(C(=O)C1CC=CC1)C2. The molecule has 4 nitrogen and oxygen atoms in total. The van der Waals surface area contributed by atoms with Gasteiger partial charge >= 0.3 is 5.97 Å². The van der Waals surface area contributed by atoms with Crippen LogP contribution >= 0.6 is 0 Å². The van der Waals surface area contributed by atoms with Crippen molar-refractivity contribution in [3.05, 3.63) is 47.0 Å². The second-order valence-electron chi connectivity index (χ2n) is 5.40. The molecule has 4 heteroatoms. The van der Waals surface area contributed by atoms with Crippen LogP contribution in [-0.2, 0) is 17.8 Å². The summed E-state index contributed by atoms with van der Waals surface area (Å²) in [7, 11) is 0. The van der Waals surface area contributed by atoms with E-state index < -0.39 is 5.97 Å². The summed E-state index contributed by atoms with van der Waals surface area (Å²) in [5.74, 6) is -0.609. The highest BCUT2D eigenvalue weighted by molar-refractivity contribution is 5.90. The topological polar surface area (TPSA) is 57.6 Å². The van der Waals surface area contributed by atoms with Crippen LogP contribution in [0.5, 0.6) is 0 Å². The first-order valence-corrected chi connectivity index (χ1v) is 6.94. The summed E-state index contributed by atoms with van der Waals surface area (Å²) in [5.41, 5.74) is 2.22. The molecule has 0 saturated carbocycles. The maximum atomic E-state index is 12.4. The van der Waals surface area contributed by atoms with Gasteiger partial charge in [0, 0.05) is 19.0 Å². The molecule has 0 unspecified atom stereocenters. The van der Waals surface area contributed by atoms with Crippen molar-refractivity contribution in [2.45, 2.75) is 25.8 Å². The molecule has 1 N–H and O–H groups in total. The van der Waals surface area contributed by atoms with Crippen LogP contribution in [0.4, 0.5) is 0 Å². The molecule has 1 amide bonds. The Kier molecular flexibility index (Phi) is 3.30. The molecule has 1 aromatic carbocycles. The molecule has 2 aliphatic rings. The zero-order valence-corrected chi connectivity index (χ0v) is 11.2. The molecule has 1 aliphatic heterocycles. The fourth-order valence-corrected chi connectivity index (χ4v) is 3.07. The van der Waals surface area contributed by atoms with Gasteiger partial charge in [-0.25, -0.2) is 4.79 Å². The number of allylic oxidation sites excluding steroid dienone is 2. The number of carboxylic acids is 1. The summed E-state index contributed by atoms with van der Waals surface area (Å²) < 4.78 is 0. The molecular weight excluding hydrogens is 254 g/mol. The van der Waals surface area contributed by atoms with Gasteiger partial charge in [-0.2, -0.15) is 0 Å². The molecule has 0 spiro atoms. The van der Waals surface area contributed by atoms with Gasteiger partial charge in [-0.15, -0.1) is 0 Å². The summed E-state index contributed by atoms with van der Waals surface area (Å²) in [4.78, 5) is 25.5. The number of nitrogens with zero attached hydrogens (tertiary/aromatic N) is 1. The molecular formula is C16H17NO3. The summed E-state index contributed by atoms with van der Waals surface area (Å²) >= 11 is 0. The van der Waals surface area contributed by atoms with E-state index in [9.17, 15) is 14.7 Å². The Morgan fingerprint density at radius 1 is 1.20 bits per heavy atom. The van der Waals surface area contributed by atoms with Crippen LogP contribution in [0.3, 0.4) is 0 Å². The summed E-state index contributed by atoms with van der Waals surface area (Å²) in [6, 6.07) is 5.32. The standard InChI is InChI=1S/C16H17NO3/c18-15(11-4-1-2-5-11)17-9-8-13-12(10-17)6-3-7-14(13)16(19)20/h1-3,6-7,11H,4-5,8-10H2,(H,19,20). The predicted octanol–water partition coefficient (Wildman–Crippen LogP) is 2.24. The van der Waals surface area contributed by atoms with Gasteiger partial charge in [0.2, 0.25) is 5.91 Å². The molecule has 0 atom stereocenters. The monoisotopic (exact) mass is 271 g/mol. The third-order valence-electron chi connectivity index (χ3n) is 4.17. The lowest BCUT2D eigenvalue weighted by atomic mass is 9.93. The highest BCUT2D eigenvalue weighted by atomic mass is 16.4. The number of rotatable bonds is 2. The van der Waals surface area contributed by atoms with Crippen LogP contribution in [0.2, 0.25) is 0 Å². The third-order valence-corrected chi connectivity index (χ3v) is 4.17. The number of carbonyl (C=O) groups excluding carboxylic acids is 1. The lowest BCUT2D eigenvalue weighted by Gasteiger charge is -2.31. The Morgan fingerprint density at radius 3 is 2.65 bits per heavy atom. The van der Waals surface area contributed by atoms with E-state index >= 15 is 0 Å². The molecule has 0 saturated heterocycles. The summed E-state index contributed by atoms with van der Waals surface area (Å²) in [6.45, 7) is 1.15. The van der Waals surface area contributed by atoms with E-state index in [4.69, 9.17) is 0 Å². The van der Waals surface area contributed by atoms with Crippen molar-refractivity contribution in [3.63, 3.8) is 0 Å². The fourth-order valence-electron chi connectivity index (χ4n) is 3.07. The van der Waals surface area contributed by atoms with E-state index in [0.717, 1.165) is 24.0 Å². The molecule has 1 aliphatic carbocycles. The average Bonchev–Trinajstić information content (AvgIpc) is 2.99. The van der Waals surface area contributed by atoms with Gasteiger partial charge in [-0.05, 0) is 36.5 Å². The Bertz CT molecular complexity index is 583. The van der Waals surface area contributed by atoms with Gasteiger partial charge in [0.05, 0.1) is 5.56 Å². The van der Waals surface area contributed by atoms with Crippen molar-refractivity contribution in [2.24, 2.45) is 5.92 Å². The van der Waals surface area contributed by atoms with Gasteiger partial charge in [-0.3, -0.25) is 4.79 Å². The van der Waals surface area contributed by atoms with Crippen molar-refractivity contribution in [1.82, 2.24) is 4.90 Å². The fraction of sp³-hybridized carbons (Fsp3) is 0.375. The molecule has 3 rings (SSSR count). The van der Waals surface area contributed by atoms with E-state index in [1.54, 1.807) is 12.1 Å². The summed E-state index contributed by atoms with van der Waals surface area (Å²) in [6.07, 6.45) is 6.41. The number of hydrogen-bond acceptors (Lipinski definition) is 2. The largest absolute Gasteiger partial charge is 0.478 e. The number of benzene rings is 1. The van der Waals surface area contributed by atoms with Crippen LogP contribution in [0.1, 0.15) is 34.3 Å². The number of fused-ring (bicyclic) bond motifs is 1. The minimum absolute atomic E-state index is 0.0826. The third kappa shape index (κ3) is 2.22. The quantitative estimate of drug-likeness (QED) is 0.839. The highest BCUT2D eigenvalue weighted by Crippen LogP contribution is 2.26. The molecule has 0 radical (unpaired) electrons. The molecule has 0 fully saturated rings. The van der Waals surface area contributed by atoms with Crippen molar-refractivity contribution in [2.75, 3.05) is 6.54 Å². The Hall–Kier alpha value is -2.10. The first kappa shape index (κ1) is 12.9. The molecule has 104 valence electrons. The average molecular weight is 271 g/mol. The van der Waals surface area contributed by atoms with Gasteiger partial charge in [-0.1, -0.05) is 24.3 Å². The van der Waals surface area contributed by atoms with E-state index in [1.165, 1.54) is 0 Å². The van der Waals surface area contributed by atoms with Crippen molar-refractivity contribution in [3.8, 4) is 0 Å². The number of aromatic carboxylic acids is 1. The van der Waals surface area contributed by atoms with Gasteiger partial charge in [0.1, 0.15) is 0 Å². The minimum Gasteiger partial charge on any atom is -0.478 e.